The van der Waals surface area contributed by atoms with Crippen molar-refractivity contribution in [3.8, 4) is 5.75 Å². The van der Waals surface area contributed by atoms with E-state index in [-0.39, 0.29) is 0 Å². The molecule has 0 saturated carbocycles. The van der Waals surface area contributed by atoms with Crippen LogP contribution in [0.4, 0.5) is 5.69 Å². The molecule has 1 fully saturated rings. The number of aliphatic hydroxyl groups is 1. The van der Waals surface area contributed by atoms with E-state index in [1.807, 2.05) is 35.7 Å². The maximum Gasteiger partial charge on any atom is 0.132 e. The molecule has 0 bridgehead atoms. The molecule has 0 aliphatic carbocycles. The maximum absolute atomic E-state index is 10.8. The molecule has 2 aromatic carbocycles. The monoisotopic (exact) mass is 395 g/mol. The minimum Gasteiger partial charge on any atom is -0.497 e. The van der Waals surface area contributed by atoms with Crippen LogP contribution >= 0.6 is 11.3 Å². The van der Waals surface area contributed by atoms with Gasteiger partial charge >= 0.3 is 0 Å². The van der Waals surface area contributed by atoms with E-state index in [4.69, 9.17) is 4.74 Å². The first-order chi connectivity index (χ1) is 13.7. The largest absolute Gasteiger partial charge is 0.497 e. The molecular formula is C22H25N3O2S. The molecule has 1 aliphatic heterocycles. The van der Waals surface area contributed by atoms with Crippen LogP contribution in [0.5, 0.6) is 5.75 Å². The lowest BCUT2D eigenvalue weighted by Gasteiger charge is -2.37. The lowest BCUT2D eigenvalue weighted by Crippen LogP contribution is -2.46. The van der Waals surface area contributed by atoms with E-state index in [0.29, 0.717) is 0 Å². The third-order valence-corrected chi connectivity index (χ3v) is 6.00. The van der Waals surface area contributed by atoms with Gasteiger partial charge in [-0.25, -0.2) is 4.98 Å². The predicted octanol–water partition coefficient (Wildman–Crippen LogP) is 3.56. The molecule has 2 heterocycles. The first-order valence-electron chi connectivity index (χ1n) is 9.51. The molecule has 1 saturated heterocycles. The number of thiazole rings is 1. The Morgan fingerprint density at radius 3 is 2.68 bits per heavy atom. The molecule has 1 aromatic heterocycles. The van der Waals surface area contributed by atoms with Crippen LogP contribution in [0.1, 0.15) is 22.2 Å². The van der Waals surface area contributed by atoms with Gasteiger partial charge in [-0.1, -0.05) is 30.3 Å². The van der Waals surface area contributed by atoms with E-state index >= 15 is 0 Å². The van der Waals surface area contributed by atoms with Crippen molar-refractivity contribution in [2.24, 2.45) is 0 Å². The summed E-state index contributed by atoms with van der Waals surface area (Å²) in [7, 11) is 1.70. The standard InChI is InChI=1S/C22H25N3O2S/c1-27-18-6-4-5-17(15-18)16-24-10-12-25(13-11-24)20-8-3-2-7-19(20)21(26)22-23-9-14-28-22/h2-9,14-15,21,26H,10-13,16H2,1H3. The van der Waals surface area contributed by atoms with Gasteiger partial charge in [0.2, 0.25) is 0 Å². The Kier molecular flexibility index (Phi) is 5.90. The van der Waals surface area contributed by atoms with Gasteiger partial charge in [0.15, 0.2) is 0 Å². The van der Waals surface area contributed by atoms with Gasteiger partial charge in [-0.15, -0.1) is 11.3 Å². The fraction of sp³-hybridized carbons (Fsp3) is 0.318. The zero-order valence-corrected chi connectivity index (χ0v) is 16.8. The molecule has 146 valence electrons. The molecule has 4 rings (SSSR count). The number of ether oxygens (including phenoxy) is 1. The van der Waals surface area contributed by atoms with Gasteiger partial charge in [0.05, 0.1) is 7.11 Å². The number of aliphatic hydroxyl groups excluding tert-OH is 1. The van der Waals surface area contributed by atoms with Crippen molar-refractivity contribution in [3.05, 3.63) is 76.2 Å². The lowest BCUT2D eigenvalue weighted by molar-refractivity contribution is 0.218. The van der Waals surface area contributed by atoms with Gasteiger partial charge in [0, 0.05) is 55.6 Å². The molecule has 0 spiro atoms. The smallest absolute Gasteiger partial charge is 0.132 e. The highest BCUT2D eigenvalue weighted by molar-refractivity contribution is 7.09. The van der Waals surface area contributed by atoms with Gasteiger partial charge in [0.25, 0.3) is 0 Å². The second kappa shape index (κ2) is 8.73. The van der Waals surface area contributed by atoms with Crippen molar-refractivity contribution in [2.75, 3.05) is 38.2 Å². The Morgan fingerprint density at radius 1 is 1.11 bits per heavy atom. The topological polar surface area (TPSA) is 48.8 Å². The quantitative estimate of drug-likeness (QED) is 0.692. The molecule has 1 aliphatic rings. The highest BCUT2D eigenvalue weighted by atomic mass is 32.1. The average Bonchev–Trinajstić information content (AvgIpc) is 3.29. The van der Waals surface area contributed by atoms with Crippen molar-refractivity contribution in [1.82, 2.24) is 9.88 Å². The number of nitrogens with zero attached hydrogens (tertiary/aromatic N) is 3. The number of hydrogen-bond acceptors (Lipinski definition) is 6. The lowest BCUT2D eigenvalue weighted by atomic mass is 10.1. The van der Waals surface area contributed by atoms with E-state index in [0.717, 1.165) is 54.7 Å². The Morgan fingerprint density at radius 2 is 1.93 bits per heavy atom. The summed E-state index contributed by atoms with van der Waals surface area (Å²) in [5.74, 6) is 0.904. The third-order valence-electron chi connectivity index (χ3n) is 5.17. The minimum absolute atomic E-state index is 0.675. The number of anilines is 1. The molecule has 1 atom stereocenters. The van der Waals surface area contributed by atoms with Crippen molar-refractivity contribution in [2.45, 2.75) is 12.6 Å². The summed E-state index contributed by atoms with van der Waals surface area (Å²) in [4.78, 5) is 9.12. The molecule has 1 unspecified atom stereocenters. The SMILES string of the molecule is COc1cccc(CN2CCN(c3ccccc3C(O)c3nccs3)CC2)c1. The van der Waals surface area contributed by atoms with Gasteiger partial charge < -0.3 is 14.7 Å². The van der Waals surface area contributed by atoms with Crippen LogP contribution in [-0.4, -0.2) is 48.3 Å². The average molecular weight is 396 g/mol. The second-order valence-electron chi connectivity index (χ2n) is 6.95. The molecule has 5 nitrogen and oxygen atoms in total. The van der Waals surface area contributed by atoms with Crippen LogP contribution in [-0.2, 0) is 6.54 Å². The fourth-order valence-corrected chi connectivity index (χ4v) is 4.32. The minimum atomic E-state index is -0.675. The summed E-state index contributed by atoms with van der Waals surface area (Å²) in [5.41, 5.74) is 3.30. The summed E-state index contributed by atoms with van der Waals surface area (Å²) in [6.45, 7) is 4.77. The van der Waals surface area contributed by atoms with Crippen LogP contribution in [0, 0.1) is 0 Å². The summed E-state index contributed by atoms with van der Waals surface area (Å²) in [6, 6.07) is 16.4. The van der Waals surface area contributed by atoms with Gasteiger partial charge in [-0.3, -0.25) is 4.90 Å². The second-order valence-corrected chi connectivity index (χ2v) is 7.87. The van der Waals surface area contributed by atoms with E-state index in [9.17, 15) is 5.11 Å². The molecule has 6 heteroatoms. The maximum atomic E-state index is 10.8. The molecule has 0 amide bonds. The first-order valence-corrected chi connectivity index (χ1v) is 10.4. The zero-order chi connectivity index (χ0) is 19.3. The number of aromatic nitrogens is 1. The van der Waals surface area contributed by atoms with E-state index < -0.39 is 6.10 Å². The Balaban J connectivity index is 1.43. The Bertz CT molecular complexity index is 892. The van der Waals surface area contributed by atoms with Crippen molar-refractivity contribution >= 4 is 17.0 Å². The van der Waals surface area contributed by atoms with Crippen LogP contribution in [0.15, 0.2) is 60.1 Å². The van der Waals surface area contributed by atoms with Crippen LogP contribution in [0.3, 0.4) is 0 Å². The third kappa shape index (κ3) is 4.19. The van der Waals surface area contributed by atoms with Gasteiger partial charge in [0.1, 0.15) is 16.9 Å². The number of piperazine rings is 1. The fourth-order valence-electron chi connectivity index (χ4n) is 3.69. The predicted molar refractivity (Wildman–Crippen MR) is 113 cm³/mol. The molecule has 28 heavy (non-hydrogen) atoms. The number of rotatable bonds is 6. The van der Waals surface area contributed by atoms with Crippen molar-refractivity contribution in [3.63, 3.8) is 0 Å². The van der Waals surface area contributed by atoms with Gasteiger partial charge in [-0.2, -0.15) is 0 Å². The first kappa shape index (κ1) is 18.9. The van der Waals surface area contributed by atoms with Crippen molar-refractivity contribution < 1.29 is 9.84 Å². The van der Waals surface area contributed by atoms with Gasteiger partial charge in [-0.05, 0) is 23.8 Å². The molecule has 0 radical (unpaired) electrons. The highest BCUT2D eigenvalue weighted by Crippen LogP contribution is 2.32. The van der Waals surface area contributed by atoms with E-state index in [1.165, 1.54) is 16.9 Å². The molecule has 3 aromatic rings. The van der Waals surface area contributed by atoms with E-state index in [2.05, 4.69) is 33.0 Å². The van der Waals surface area contributed by atoms with Crippen LogP contribution in [0.2, 0.25) is 0 Å². The number of benzene rings is 2. The Hall–Kier alpha value is -2.41. The van der Waals surface area contributed by atoms with Crippen LogP contribution < -0.4 is 9.64 Å². The van der Waals surface area contributed by atoms with Crippen molar-refractivity contribution in [1.29, 1.82) is 0 Å². The summed E-state index contributed by atoms with van der Waals surface area (Å²) in [6.07, 6.45) is 1.06. The normalized spacial score (nSPS) is 16.1. The summed E-state index contributed by atoms with van der Waals surface area (Å²) < 4.78 is 5.33. The Labute approximate surface area is 169 Å². The number of para-hydroxylation sites is 1. The number of hydrogen-bond donors (Lipinski definition) is 1. The highest BCUT2D eigenvalue weighted by Gasteiger charge is 2.23. The zero-order valence-electron chi connectivity index (χ0n) is 16.0. The molecular weight excluding hydrogens is 370 g/mol. The summed E-state index contributed by atoms with van der Waals surface area (Å²) in [5, 5.41) is 13.4. The number of methoxy groups -OCH3 is 1. The van der Waals surface area contributed by atoms with Crippen LogP contribution in [0.25, 0.3) is 0 Å². The van der Waals surface area contributed by atoms with E-state index in [1.54, 1.807) is 13.3 Å². The molecule has 1 N–H and O–H groups in total. The summed E-state index contributed by atoms with van der Waals surface area (Å²) >= 11 is 1.49.